The van der Waals surface area contributed by atoms with Crippen molar-refractivity contribution in [3.8, 4) is 0 Å². The molecule has 7 heteroatoms. The SMILES string of the molecule is O=C(NCCc1c[nH]c2ccccc12)c1ccc(S(=O)(=O)N2CCCCC2)cc1. The van der Waals surface area contributed by atoms with Crippen LogP contribution in [0.25, 0.3) is 10.9 Å². The number of hydrogen-bond acceptors (Lipinski definition) is 3. The Kier molecular flexibility index (Phi) is 5.69. The molecule has 2 aromatic carbocycles. The third kappa shape index (κ3) is 4.21. The zero-order valence-corrected chi connectivity index (χ0v) is 17.0. The van der Waals surface area contributed by atoms with Gasteiger partial charge in [0.1, 0.15) is 0 Å². The van der Waals surface area contributed by atoms with E-state index in [0.29, 0.717) is 25.2 Å². The minimum Gasteiger partial charge on any atom is -0.361 e. The minimum atomic E-state index is -3.47. The Morgan fingerprint density at radius 1 is 1.00 bits per heavy atom. The van der Waals surface area contributed by atoms with E-state index in [-0.39, 0.29) is 10.8 Å². The van der Waals surface area contributed by atoms with E-state index in [4.69, 9.17) is 0 Å². The molecular weight excluding hydrogens is 386 g/mol. The smallest absolute Gasteiger partial charge is 0.251 e. The van der Waals surface area contributed by atoms with Gasteiger partial charge >= 0.3 is 0 Å². The number of nitrogens with one attached hydrogen (secondary N) is 2. The Hall–Kier alpha value is -2.64. The highest BCUT2D eigenvalue weighted by Crippen LogP contribution is 2.21. The van der Waals surface area contributed by atoms with Gasteiger partial charge in [-0.05, 0) is 55.2 Å². The van der Waals surface area contributed by atoms with E-state index in [2.05, 4.69) is 16.4 Å². The third-order valence-electron chi connectivity index (χ3n) is 5.42. The summed E-state index contributed by atoms with van der Waals surface area (Å²) in [6.07, 6.45) is 5.56. The number of nitrogens with zero attached hydrogens (tertiary/aromatic N) is 1. The molecule has 29 heavy (non-hydrogen) atoms. The molecule has 1 amide bonds. The second-order valence-corrected chi connectivity index (χ2v) is 9.29. The molecule has 0 bridgehead atoms. The molecule has 152 valence electrons. The number of benzene rings is 2. The van der Waals surface area contributed by atoms with Crippen molar-refractivity contribution in [2.45, 2.75) is 30.6 Å². The molecule has 4 rings (SSSR count). The first-order valence-corrected chi connectivity index (χ1v) is 11.4. The molecule has 0 spiro atoms. The van der Waals surface area contributed by atoms with Gasteiger partial charge in [-0.2, -0.15) is 4.31 Å². The number of aromatic nitrogens is 1. The summed E-state index contributed by atoms with van der Waals surface area (Å²) in [7, 11) is -3.47. The zero-order valence-electron chi connectivity index (χ0n) is 16.2. The maximum absolute atomic E-state index is 12.7. The number of piperidine rings is 1. The second kappa shape index (κ2) is 8.39. The first-order chi connectivity index (χ1) is 14.1. The summed E-state index contributed by atoms with van der Waals surface area (Å²) in [5.74, 6) is -0.202. The summed E-state index contributed by atoms with van der Waals surface area (Å²) in [4.78, 5) is 15.9. The fourth-order valence-electron chi connectivity index (χ4n) is 3.78. The zero-order chi connectivity index (χ0) is 20.3. The number of carbonyl (C=O) groups is 1. The molecule has 2 N–H and O–H groups in total. The third-order valence-corrected chi connectivity index (χ3v) is 7.34. The van der Waals surface area contributed by atoms with Crippen LogP contribution < -0.4 is 5.32 Å². The van der Waals surface area contributed by atoms with Gasteiger partial charge in [-0.15, -0.1) is 0 Å². The molecule has 6 nitrogen and oxygen atoms in total. The van der Waals surface area contributed by atoms with Crippen molar-refractivity contribution >= 4 is 26.8 Å². The number of rotatable bonds is 6. The molecular formula is C22H25N3O3S. The van der Waals surface area contributed by atoms with Crippen LogP contribution in [0.4, 0.5) is 0 Å². The lowest BCUT2D eigenvalue weighted by Crippen LogP contribution is -2.35. The van der Waals surface area contributed by atoms with Gasteiger partial charge in [-0.1, -0.05) is 24.6 Å². The highest BCUT2D eigenvalue weighted by Gasteiger charge is 2.25. The summed E-state index contributed by atoms with van der Waals surface area (Å²) >= 11 is 0. The van der Waals surface area contributed by atoms with Crippen LogP contribution in [-0.2, 0) is 16.4 Å². The molecule has 2 heterocycles. The molecule has 0 saturated carbocycles. The Morgan fingerprint density at radius 2 is 1.72 bits per heavy atom. The minimum absolute atomic E-state index is 0.202. The largest absolute Gasteiger partial charge is 0.361 e. The van der Waals surface area contributed by atoms with E-state index in [1.807, 2.05) is 24.4 Å². The predicted molar refractivity (Wildman–Crippen MR) is 113 cm³/mol. The predicted octanol–water partition coefficient (Wildman–Crippen LogP) is 3.32. The van der Waals surface area contributed by atoms with Gasteiger partial charge in [0, 0.05) is 42.3 Å². The van der Waals surface area contributed by atoms with Gasteiger partial charge in [0.25, 0.3) is 5.91 Å². The van der Waals surface area contributed by atoms with Crippen LogP contribution in [0.2, 0.25) is 0 Å². The van der Waals surface area contributed by atoms with Gasteiger partial charge in [0.05, 0.1) is 4.90 Å². The van der Waals surface area contributed by atoms with Crippen LogP contribution in [0.5, 0.6) is 0 Å². The maximum atomic E-state index is 12.7. The molecule has 0 radical (unpaired) electrons. The lowest BCUT2D eigenvalue weighted by atomic mass is 10.1. The van der Waals surface area contributed by atoms with Gasteiger partial charge in [-0.3, -0.25) is 4.79 Å². The van der Waals surface area contributed by atoms with Crippen LogP contribution in [0.1, 0.15) is 35.2 Å². The number of hydrogen-bond donors (Lipinski definition) is 2. The standard InChI is InChI=1S/C22H25N3O3S/c26-22(23-13-12-18-16-24-21-7-3-2-6-20(18)21)17-8-10-19(11-9-17)29(27,28)25-14-4-1-5-15-25/h2-3,6-11,16,24H,1,4-5,12-15H2,(H,23,26). The Labute approximate surface area is 171 Å². The van der Waals surface area contributed by atoms with E-state index in [1.165, 1.54) is 16.4 Å². The fourth-order valence-corrected chi connectivity index (χ4v) is 5.30. The second-order valence-electron chi connectivity index (χ2n) is 7.35. The van der Waals surface area contributed by atoms with Gasteiger partial charge in [0.15, 0.2) is 0 Å². The van der Waals surface area contributed by atoms with Gasteiger partial charge in [0.2, 0.25) is 10.0 Å². The van der Waals surface area contributed by atoms with Crippen LogP contribution in [0, 0.1) is 0 Å². The molecule has 1 fully saturated rings. The van der Waals surface area contributed by atoms with Crippen molar-refractivity contribution < 1.29 is 13.2 Å². The molecule has 1 aromatic heterocycles. The van der Waals surface area contributed by atoms with E-state index < -0.39 is 10.0 Å². The van der Waals surface area contributed by atoms with Crippen LogP contribution in [-0.4, -0.2) is 43.2 Å². The normalized spacial score (nSPS) is 15.4. The molecule has 3 aromatic rings. The van der Waals surface area contributed by atoms with Crippen LogP contribution >= 0.6 is 0 Å². The highest BCUT2D eigenvalue weighted by molar-refractivity contribution is 7.89. The van der Waals surface area contributed by atoms with E-state index in [9.17, 15) is 13.2 Å². The van der Waals surface area contributed by atoms with Gasteiger partial charge in [-0.25, -0.2) is 8.42 Å². The molecule has 0 aliphatic carbocycles. The topological polar surface area (TPSA) is 82.3 Å². The molecule has 1 aliphatic heterocycles. The maximum Gasteiger partial charge on any atom is 0.251 e. The average molecular weight is 412 g/mol. The van der Waals surface area contributed by atoms with Crippen molar-refractivity contribution in [3.05, 3.63) is 65.9 Å². The molecule has 0 unspecified atom stereocenters. The molecule has 0 atom stereocenters. The number of aromatic amines is 1. The number of H-pyrrole nitrogens is 1. The number of para-hydroxylation sites is 1. The first kappa shape index (κ1) is 19.7. The van der Waals surface area contributed by atoms with E-state index >= 15 is 0 Å². The van der Waals surface area contributed by atoms with Crippen molar-refractivity contribution in [2.24, 2.45) is 0 Å². The highest BCUT2D eigenvalue weighted by atomic mass is 32.2. The lowest BCUT2D eigenvalue weighted by molar-refractivity contribution is 0.0954. The summed E-state index contributed by atoms with van der Waals surface area (Å²) in [6, 6.07) is 14.3. The van der Waals surface area contributed by atoms with Gasteiger partial charge < -0.3 is 10.3 Å². The Balaban J connectivity index is 1.36. The Morgan fingerprint density at radius 3 is 2.48 bits per heavy atom. The number of carbonyl (C=O) groups excluding carboxylic acids is 1. The number of amides is 1. The number of fused-ring (bicyclic) bond motifs is 1. The van der Waals surface area contributed by atoms with E-state index in [0.717, 1.165) is 42.1 Å². The quantitative estimate of drug-likeness (QED) is 0.653. The lowest BCUT2D eigenvalue weighted by Gasteiger charge is -2.25. The summed E-state index contributed by atoms with van der Waals surface area (Å²) in [6.45, 7) is 1.64. The average Bonchev–Trinajstić information content (AvgIpc) is 3.17. The first-order valence-electron chi connectivity index (χ1n) is 9.99. The van der Waals surface area contributed by atoms with Crippen LogP contribution in [0.3, 0.4) is 0 Å². The van der Waals surface area contributed by atoms with Crippen molar-refractivity contribution in [3.63, 3.8) is 0 Å². The van der Waals surface area contributed by atoms with Crippen molar-refractivity contribution in [1.82, 2.24) is 14.6 Å². The van der Waals surface area contributed by atoms with E-state index in [1.54, 1.807) is 12.1 Å². The fraction of sp³-hybridized carbons (Fsp3) is 0.318. The summed E-state index contributed by atoms with van der Waals surface area (Å²) in [5.41, 5.74) is 2.70. The molecule has 1 saturated heterocycles. The summed E-state index contributed by atoms with van der Waals surface area (Å²) in [5, 5.41) is 4.07. The van der Waals surface area contributed by atoms with Crippen molar-refractivity contribution in [2.75, 3.05) is 19.6 Å². The molecule has 1 aliphatic rings. The number of sulfonamides is 1. The Bertz CT molecular complexity index is 1100. The van der Waals surface area contributed by atoms with Crippen molar-refractivity contribution in [1.29, 1.82) is 0 Å². The van der Waals surface area contributed by atoms with Crippen LogP contribution in [0.15, 0.2) is 59.6 Å². The summed E-state index contributed by atoms with van der Waals surface area (Å²) < 4.78 is 26.9. The monoisotopic (exact) mass is 411 g/mol.